The Bertz CT molecular complexity index is 913. The number of esters is 1. The molecule has 2 aromatic carbocycles. The van der Waals surface area contributed by atoms with Crippen LogP contribution in [0.5, 0.6) is 5.75 Å². The van der Waals surface area contributed by atoms with Gasteiger partial charge in [0, 0.05) is 25.2 Å². The van der Waals surface area contributed by atoms with E-state index < -0.39 is 5.41 Å². The Labute approximate surface area is 204 Å². The SMILES string of the molecule is O=C(O[C@H]1C[N+]2(CCCOc3ccccc3)CCC1CC2)C1(c2ccccc2)CCCCCC1. The number of piperidine rings is 3. The van der Waals surface area contributed by atoms with E-state index in [9.17, 15) is 4.79 Å². The van der Waals surface area contributed by atoms with Gasteiger partial charge in [0.1, 0.15) is 12.3 Å². The predicted octanol–water partition coefficient (Wildman–Crippen LogP) is 5.90. The highest BCUT2D eigenvalue weighted by molar-refractivity contribution is 5.83. The van der Waals surface area contributed by atoms with Gasteiger partial charge in [0.2, 0.25) is 0 Å². The third-order valence-corrected chi connectivity index (χ3v) is 8.76. The van der Waals surface area contributed by atoms with Crippen molar-refractivity contribution in [2.75, 3.05) is 32.8 Å². The summed E-state index contributed by atoms with van der Waals surface area (Å²) >= 11 is 0. The van der Waals surface area contributed by atoms with Gasteiger partial charge in [0.15, 0.2) is 6.10 Å². The number of benzene rings is 2. The van der Waals surface area contributed by atoms with Gasteiger partial charge >= 0.3 is 5.97 Å². The minimum atomic E-state index is -0.460. The average Bonchev–Trinajstić information content (AvgIpc) is 3.16. The van der Waals surface area contributed by atoms with E-state index >= 15 is 0 Å². The van der Waals surface area contributed by atoms with Crippen LogP contribution in [0.4, 0.5) is 0 Å². The van der Waals surface area contributed by atoms with Crippen molar-refractivity contribution < 1.29 is 18.8 Å². The average molecular weight is 463 g/mol. The van der Waals surface area contributed by atoms with E-state index in [0.717, 1.165) is 67.6 Å². The zero-order valence-electron chi connectivity index (χ0n) is 20.5. The molecule has 182 valence electrons. The molecule has 4 fully saturated rings. The molecule has 3 aliphatic heterocycles. The number of ether oxygens (including phenoxy) is 2. The Morgan fingerprint density at radius 1 is 0.882 bits per heavy atom. The minimum Gasteiger partial charge on any atom is -0.493 e. The number of hydrogen-bond acceptors (Lipinski definition) is 3. The molecule has 2 bridgehead atoms. The van der Waals surface area contributed by atoms with Crippen molar-refractivity contribution in [2.45, 2.75) is 69.3 Å². The normalized spacial score (nSPS) is 28.1. The van der Waals surface area contributed by atoms with Gasteiger partial charge in [-0.25, -0.2) is 0 Å². The van der Waals surface area contributed by atoms with Crippen LogP contribution in [0.3, 0.4) is 0 Å². The van der Waals surface area contributed by atoms with E-state index in [1.807, 2.05) is 36.4 Å². The van der Waals surface area contributed by atoms with E-state index in [1.54, 1.807) is 0 Å². The monoisotopic (exact) mass is 462 g/mol. The largest absolute Gasteiger partial charge is 0.493 e. The highest BCUT2D eigenvalue weighted by Crippen LogP contribution is 2.42. The first-order valence-corrected chi connectivity index (χ1v) is 13.5. The summed E-state index contributed by atoms with van der Waals surface area (Å²) in [6, 6.07) is 20.6. The fourth-order valence-corrected chi connectivity index (χ4v) is 6.73. The van der Waals surface area contributed by atoms with Crippen LogP contribution in [0, 0.1) is 5.92 Å². The maximum absolute atomic E-state index is 13.9. The van der Waals surface area contributed by atoms with E-state index in [1.165, 1.54) is 38.8 Å². The Hall–Kier alpha value is -2.33. The van der Waals surface area contributed by atoms with Crippen molar-refractivity contribution in [3.05, 3.63) is 66.2 Å². The summed E-state index contributed by atoms with van der Waals surface area (Å²) in [5.41, 5.74) is 0.697. The van der Waals surface area contributed by atoms with Crippen molar-refractivity contribution in [1.82, 2.24) is 0 Å². The van der Waals surface area contributed by atoms with Crippen LogP contribution < -0.4 is 4.74 Å². The highest BCUT2D eigenvalue weighted by Gasteiger charge is 2.50. The Balaban J connectivity index is 1.23. The Morgan fingerprint density at radius 3 is 2.21 bits per heavy atom. The standard InChI is InChI=1S/C30H40NO3/c32-29(30(18-9-1-2-10-19-30)26-12-5-3-6-13-26)34-28-24-31(21-16-25(28)17-22-31)20-11-23-33-27-14-7-4-8-15-27/h3-8,12-15,25,28H,1-2,9-11,16-24H2/q+1/t25?,28-,31?/m0/s1. The lowest BCUT2D eigenvalue weighted by atomic mass is 9.74. The van der Waals surface area contributed by atoms with Gasteiger partial charge in [-0.2, -0.15) is 0 Å². The summed E-state index contributed by atoms with van der Waals surface area (Å²) in [6.07, 6.45) is 9.96. The molecule has 4 heteroatoms. The van der Waals surface area contributed by atoms with E-state index in [0.29, 0.717) is 5.92 Å². The summed E-state index contributed by atoms with van der Waals surface area (Å²) in [5.74, 6) is 1.52. The maximum atomic E-state index is 13.9. The maximum Gasteiger partial charge on any atom is 0.317 e. The molecular weight excluding hydrogens is 422 g/mol. The lowest BCUT2D eigenvalue weighted by Crippen LogP contribution is -2.65. The van der Waals surface area contributed by atoms with Gasteiger partial charge in [-0.1, -0.05) is 74.2 Å². The zero-order chi connectivity index (χ0) is 23.3. The molecule has 2 aromatic rings. The lowest BCUT2D eigenvalue weighted by Gasteiger charge is -2.52. The molecule has 1 aliphatic carbocycles. The van der Waals surface area contributed by atoms with Crippen LogP contribution >= 0.6 is 0 Å². The molecule has 0 unspecified atom stereocenters. The number of carbonyl (C=O) groups is 1. The molecule has 4 aliphatic rings. The third kappa shape index (κ3) is 5.02. The van der Waals surface area contributed by atoms with Crippen molar-refractivity contribution in [3.63, 3.8) is 0 Å². The van der Waals surface area contributed by atoms with Crippen molar-refractivity contribution in [2.24, 2.45) is 5.92 Å². The topological polar surface area (TPSA) is 35.5 Å². The molecular formula is C30H40NO3+. The van der Waals surface area contributed by atoms with Gasteiger partial charge in [0.05, 0.1) is 31.7 Å². The number of hydrogen-bond donors (Lipinski definition) is 0. The smallest absolute Gasteiger partial charge is 0.317 e. The van der Waals surface area contributed by atoms with Crippen LogP contribution in [0.1, 0.15) is 63.4 Å². The number of fused-ring (bicyclic) bond motifs is 3. The fraction of sp³-hybridized carbons (Fsp3) is 0.567. The molecule has 0 N–H and O–H groups in total. The molecule has 6 rings (SSSR count). The molecule has 0 spiro atoms. The summed E-state index contributed by atoms with van der Waals surface area (Å²) in [7, 11) is 0. The molecule has 0 aromatic heterocycles. The van der Waals surface area contributed by atoms with Crippen LogP contribution in [0.2, 0.25) is 0 Å². The Kier molecular flexibility index (Phi) is 7.24. The number of carbonyl (C=O) groups excluding carboxylic acids is 1. The summed E-state index contributed by atoms with van der Waals surface area (Å²) in [6.45, 7) is 5.26. The quantitative estimate of drug-likeness (QED) is 0.212. The third-order valence-electron chi connectivity index (χ3n) is 8.76. The molecule has 1 atom stereocenters. The van der Waals surface area contributed by atoms with Crippen molar-refractivity contribution >= 4 is 5.97 Å². The van der Waals surface area contributed by atoms with E-state index in [4.69, 9.17) is 9.47 Å². The summed E-state index contributed by atoms with van der Waals surface area (Å²) in [4.78, 5) is 13.9. The first kappa shape index (κ1) is 23.4. The molecule has 3 saturated heterocycles. The first-order chi connectivity index (χ1) is 16.7. The molecule has 1 saturated carbocycles. The van der Waals surface area contributed by atoms with E-state index in [-0.39, 0.29) is 12.1 Å². The minimum absolute atomic E-state index is 0.0462. The number of para-hydroxylation sites is 1. The Morgan fingerprint density at radius 2 is 1.53 bits per heavy atom. The van der Waals surface area contributed by atoms with Crippen LogP contribution in [-0.2, 0) is 14.9 Å². The van der Waals surface area contributed by atoms with Crippen molar-refractivity contribution in [1.29, 1.82) is 0 Å². The van der Waals surface area contributed by atoms with Crippen LogP contribution in [0.15, 0.2) is 60.7 Å². The summed E-state index contributed by atoms with van der Waals surface area (Å²) < 4.78 is 13.5. The van der Waals surface area contributed by atoms with Crippen molar-refractivity contribution in [3.8, 4) is 5.75 Å². The van der Waals surface area contributed by atoms with Gasteiger partial charge in [-0.3, -0.25) is 4.79 Å². The predicted molar refractivity (Wildman–Crippen MR) is 135 cm³/mol. The molecule has 4 nitrogen and oxygen atoms in total. The summed E-state index contributed by atoms with van der Waals surface area (Å²) in [5, 5.41) is 0. The second-order valence-electron chi connectivity index (χ2n) is 10.9. The number of rotatable bonds is 8. The first-order valence-electron chi connectivity index (χ1n) is 13.5. The fourth-order valence-electron chi connectivity index (χ4n) is 6.73. The molecule has 0 radical (unpaired) electrons. The lowest BCUT2D eigenvalue weighted by molar-refractivity contribution is -0.946. The molecule has 3 heterocycles. The zero-order valence-corrected chi connectivity index (χ0v) is 20.5. The van der Waals surface area contributed by atoms with E-state index in [2.05, 4.69) is 24.3 Å². The number of nitrogens with zero attached hydrogens (tertiary/aromatic N) is 1. The second kappa shape index (κ2) is 10.5. The number of quaternary nitrogens is 1. The molecule has 34 heavy (non-hydrogen) atoms. The van der Waals surface area contributed by atoms with Gasteiger partial charge in [0.25, 0.3) is 0 Å². The van der Waals surface area contributed by atoms with Gasteiger partial charge in [-0.05, 0) is 30.5 Å². The van der Waals surface area contributed by atoms with Crippen LogP contribution in [0.25, 0.3) is 0 Å². The van der Waals surface area contributed by atoms with Gasteiger partial charge < -0.3 is 14.0 Å². The highest BCUT2D eigenvalue weighted by atomic mass is 16.5. The van der Waals surface area contributed by atoms with Crippen LogP contribution in [-0.4, -0.2) is 49.3 Å². The second-order valence-corrected chi connectivity index (χ2v) is 10.9. The molecule has 0 amide bonds. The van der Waals surface area contributed by atoms with Gasteiger partial charge in [-0.15, -0.1) is 0 Å².